The SMILES string of the molecule is O=C(NCc1ccc(F)cc1F)c1nc[nH]c1C(=O)NCc1ccccc1. The molecular weight excluding hydrogens is 354 g/mol. The summed E-state index contributed by atoms with van der Waals surface area (Å²) in [5, 5.41) is 5.16. The maximum Gasteiger partial charge on any atom is 0.272 e. The largest absolute Gasteiger partial charge is 0.347 e. The van der Waals surface area contributed by atoms with Crippen LogP contribution in [0.5, 0.6) is 0 Å². The molecule has 3 rings (SSSR count). The lowest BCUT2D eigenvalue weighted by molar-refractivity contribution is 0.0911. The number of H-pyrrole nitrogens is 1. The summed E-state index contributed by atoms with van der Waals surface area (Å²) >= 11 is 0. The van der Waals surface area contributed by atoms with Crippen LogP contribution in [0.2, 0.25) is 0 Å². The Hall–Kier alpha value is -3.55. The van der Waals surface area contributed by atoms with Gasteiger partial charge in [0.2, 0.25) is 0 Å². The Morgan fingerprint density at radius 2 is 1.70 bits per heavy atom. The van der Waals surface area contributed by atoms with Crippen LogP contribution in [0, 0.1) is 11.6 Å². The molecule has 3 N–H and O–H groups in total. The molecule has 0 fully saturated rings. The van der Waals surface area contributed by atoms with Crippen LogP contribution in [-0.2, 0) is 13.1 Å². The number of hydrogen-bond donors (Lipinski definition) is 3. The number of hydrogen-bond acceptors (Lipinski definition) is 3. The molecule has 0 atom stereocenters. The zero-order chi connectivity index (χ0) is 19.2. The number of aromatic amines is 1. The minimum Gasteiger partial charge on any atom is -0.347 e. The fourth-order valence-corrected chi connectivity index (χ4v) is 2.43. The number of nitrogens with one attached hydrogen (secondary N) is 3. The average Bonchev–Trinajstić information content (AvgIpc) is 3.16. The van der Waals surface area contributed by atoms with Gasteiger partial charge >= 0.3 is 0 Å². The van der Waals surface area contributed by atoms with E-state index in [4.69, 9.17) is 0 Å². The highest BCUT2D eigenvalue weighted by atomic mass is 19.1. The topological polar surface area (TPSA) is 86.9 Å². The van der Waals surface area contributed by atoms with Crippen LogP contribution in [0.15, 0.2) is 54.9 Å². The van der Waals surface area contributed by atoms with Crippen molar-refractivity contribution in [2.75, 3.05) is 0 Å². The summed E-state index contributed by atoms with van der Waals surface area (Å²) in [6, 6.07) is 12.4. The van der Waals surface area contributed by atoms with E-state index in [-0.39, 0.29) is 23.5 Å². The van der Waals surface area contributed by atoms with Crippen LogP contribution < -0.4 is 10.6 Å². The minimum absolute atomic E-state index is 0.00279. The molecule has 0 saturated carbocycles. The van der Waals surface area contributed by atoms with Gasteiger partial charge in [-0.2, -0.15) is 0 Å². The van der Waals surface area contributed by atoms with E-state index in [1.54, 1.807) is 0 Å². The van der Waals surface area contributed by atoms with E-state index in [9.17, 15) is 18.4 Å². The Bertz CT molecular complexity index is 957. The maximum atomic E-state index is 13.6. The second-order valence-electron chi connectivity index (χ2n) is 5.71. The van der Waals surface area contributed by atoms with Gasteiger partial charge in [-0.25, -0.2) is 13.8 Å². The van der Waals surface area contributed by atoms with E-state index in [1.165, 1.54) is 12.4 Å². The third-order valence-corrected chi connectivity index (χ3v) is 3.83. The standard InChI is InChI=1S/C19H16F2N4O2/c20-14-7-6-13(15(21)8-14)10-23-19(27)17-16(24-11-25-17)18(26)22-9-12-4-2-1-3-5-12/h1-8,11H,9-10H2,(H,22,26)(H,23,27)(H,24,25). The molecule has 0 radical (unpaired) electrons. The molecule has 0 aliphatic heterocycles. The zero-order valence-electron chi connectivity index (χ0n) is 14.1. The summed E-state index contributed by atoms with van der Waals surface area (Å²) in [5.74, 6) is -2.61. The lowest BCUT2D eigenvalue weighted by Gasteiger charge is -2.07. The Labute approximate surface area is 153 Å². The van der Waals surface area contributed by atoms with Crippen molar-refractivity contribution in [1.82, 2.24) is 20.6 Å². The monoisotopic (exact) mass is 370 g/mol. The van der Waals surface area contributed by atoms with Gasteiger partial charge in [0.15, 0.2) is 5.69 Å². The third kappa shape index (κ3) is 4.55. The molecule has 2 amide bonds. The lowest BCUT2D eigenvalue weighted by atomic mass is 10.2. The van der Waals surface area contributed by atoms with Crippen LogP contribution in [0.25, 0.3) is 0 Å². The molecule has 2 aromatic carbocycles. The van der Waals surface area contributed by atoms with Gasteiger partial charge in [-0.1, -0.05) is 36.4 Å². The van der Waals surface area contributed by atoms with E-state index in [0.717, 1.165) is 17.7 Å². The molecule has 0 aliphatic rings. The normalized spacial score (nSPS) is 10.4. The van der Waals surface area contributed by atoms with Gasteiger partial charge in [0, 0.05) is 24.7 Å². The number of carbonyl (C=O) groups excluding carboxylic acids is 2. The van der Waals surface area contributed by atoms with Crippen LogP contribution >= 0.6 is 0 Å². The Balaban J connectivity index is 1.63. The smallest absolute Gasteiger partial charge is 0.272 e. The predicted octanol–water partition coefficient (Wildman–Crippen LogP) is 2.55. The molecule has 27 heavy (non-hydrogen) atoms. The quantitative estimate of drug-likeness (QED) is 0.623. The Morgan fingerprint density at radius 1 is 0.963 bits per heavy atom. The number of halogens is 2. The molecule has 0 spiro atoms. The van der Waals surface area contributed by atoms with E-state index in [0.29, 0.717) is 6.54 Å². The van der Waals surface area contributed by atoms with Crippen molar-refractivity contribution in [3.05, 3.63) is 89.0 Å². The number of aromatic nitrogens is 2. The fraction of sp³-hybridized carbons (Fsp3) is 0.105. The van der Waals surface area contributed by atoms with Gasteiger partial charge in [-0.15, -0.1) is 0 Å². The van der Waals surface area contributed by atoms with Gasteiger partial charge in [0.05, 0.1) is 6.33 Å². The average molecular weight is 370 g/mol. The van der Waals surface area contributed by atoms with Crippen molar-refractivity contribution in [1.29, 1.82) is 0 Å². The van der Waals surface area contributed by atoms with E-state index < -0.39 is 23.4 Å². The summed E-state index contributed by atoms with van der Waals surface area (Å²) in [5.41, 5.74) is 0.921. The molecule has 0 bridgehead atoms. The first-order chi connectivity index (χ1) is 13.0. The molecule has 0 saturated heterocycles. The zero-order valence-corrected chi connectivity index (χ0v) is 14.1. The highest BCUT2D eigenvalue weighted by molar-refractivity contribution is 6.04. The number of nitrogens with zero attached hydrogens (tertiary/aromatic N) is 1. The second kappa shape index (κ2) is 8.22. The Morgan fingerprint density at radius 3 is 2.44 bits per heavy atom. The summed E-state index contributed by atoms with van der Waals surface area (Å²) < 4.78 is 26.6. The van der Waals surface area contributed by atoms with Crippen molar-refractivity contribution in [2.45, 2.75) is 13.1 Å². The van der Waals surface area contributed by atoms with Crippen molar-refractivity contribution in [2.24, 2.45) is 0 Å². The number of carbonyl (C=O) groups is 2. The molecule has 0 unspecified atom stereocenters. The first-order valence-electron chi connectivity index (χ1n) is 8.12. The summed E-state index contributed by atoms with van der Waals surface area (Å²) in [6.45, 7) is 0.128. The maximum absolute atomic E-state index is 13.6. The number of imidazole rings is 1. The van der Waals surface area contributed by atoms with Crippen LogP contribution in [0.4, 0.5) is 8.78 Å². The number of amides is 2. The van der Waals surface area contributed by atoms with Crippen molar-refractivity contribution in [3.63, 3.8) is 0 Å². The van der Waals surface area contributed by atoms with Gasteiger partial charge < -0.3 is 15.6 Å². The molecule has 8 heteroatoms. The molecule has 6 nitrogen and oxygen atoms in total. The highest BCUT2D eigenvalue weighted by Crippen LogP contribution is 2.10. The molecule has 3 aromatic rings. The molecule has 1 heterocycles. The summed E-state index contributed by atoms with van der Waals surface area (Å²) in [4.78, 5) is 31.1. The van der Waals surface area contributed by atoms with Crippen molar-refractivity contribution >= 4 is 11.8 Å². The number of benzene rings is 2. The van der Waals surface area contributed by atoms with Crippen LogP contribution in [-0.4, -0.2) is 21.8 Å². The van der Waals surface area contributed by atoms with E-state index >= 15 is 0 Å². The minimum atomic E-state index is -0.766. The van der Waals surface area contributed by atoms with E-state index in [2.05, 4.69) is 20.6 Å². The van der Waals surface area contributed by atoms with Gasteiger partial charge in [-0.05, 0) is 11.6 Å². The van der Waals surface area contributed by atoms with E-state index in [1.807, 2.05) is 30.3 Å². The van der Waals surface area contributed by atoms with Crippen LogP contribution in [0.1, 0.15) is 32.1 Å². The summed E-state index contributed by atoms with van der Waals surface area (Å²) in [7, 11) is 0. The lowest BCUT2D eigenvalue weighted by Crippen LogP contribution is -2.29. The molecule has 138 valence electrons. The van der Waals surface area contributed by atoms with Crippen molar-refractivity contribution in [3.8, 4) is 0 Å². The van der Waals surface area contributed by atoms with Crippen molar-refractivity contribution < 1.29 is 18.4 Å². The summed E-state index contributed by atoms with van der Waals surface area (Å²) in [6.07, 6.45) is 1.23. The third-order valence-electron chi connectivity index (χ3n) is 3.83. The second-order valence-corrected chi connectivity index (χ2v) is 5.71. The highest BCUT2D eigenvalue weighted by Gasteiger charge is 2.20. The molecule has 1 aromatic heterocycles. The molecular formula is C19H16F2N4O2. The van der Waals surface area contributed by atoms with Gasteiger partial charge in [-0.3, -0.25) is 9.59 Å². The van der Waals surface area contributed by atoms with Gasteiger partial charge in [0.25, 0.3) is 11.8 Å². The first-order valence-corrected chi connectivity index (χ1v) is 8.12. The van der Waals surface area contributed by atoms with Crippen LogP contribution in [0.3, 0.4) is 0 Å². The molecule has 0 aliphatic carbocycles. The predicted molar refractivity (Wildman–Crippen MR) is 93.7 cm³/mol. The number of rotatable bonds is 6. The Kier molecular flexibility index (Phi) is 5.55. The fourth-order valence-electron chi connectivity index (χ4n) is 2.43. The first kappa shape index (κ1) is 18.2. The van der Waals surface area contributed by atoms with Gasteiger partial charge in [0.1, 0.15) is 17.3 Å².